The van der Waals surface area contributed by atoms with Crippen LogP contribution in [0.5, 0.6) is 0 Å². The van der Waals surface area contributed by atoms with Gasteiger partial charge >= 0.3 is 20.3 Å². The Bertz CT molecular complexity index is 711. The second kappa shape index (κ2) is 8.16. The molecule has 1 aromatic heterocycles. The van der Waals surface area contributed by atoms with Gasteiger partial charge in [0, 0.05) is 0 Å². The van der Waals surface area contributed by atoms with Gasteiger partial charge in [-0.3, -0.25) is 4.79 Å². The smallest absolute Gasteiger partial charge is 0.415 e. The van der Waals surface area contributed by atoms with Crippen LogP contribution in [0.4, 0.5) is 0 Å². The third kappa shape index (κ3) is 4.81. The van der Waals surface area contributed by atoms with Gasteiger partial charge in [0.15, 0.2) is 6.23 Å². The molecule has 0 bridgehead atoms. The zero-order chi connectivity index (χ0) is 19.5. The number of hydrogen-bond donors (Lipinski definition) is 2. The van der Waals surface area contributed by atoms with E-state index in [9.17, 15) is 19.6 Å². The number of nitriles is 1. The number of aliphatic hydroxyl groups is 2. The summed E-state index contributed by atoms with van der Waals surface area (Å²) in [7, 11) is -2.32. The van der Waals surface area contributed by atoms with Gasteiger partial charge in [-0.25, -0.2) is 9.67 Å². The number of carbonyl (C=O) groups excluding carboxylic acids is 1. The van der Waals surface area contributed by atoms with Crippen molar-refractivity contribution in [3.05, 3.63) is 12.2 Å². The third-order valence-corrected chi connectivity index (χ3v) is 4.28. The number of esters is 1. The lowest BCUT2D eigenvalue weighted by molar-refractivity contribution is -0.150. The largest absolute Gasteiger partial charge is 0.550 e. The zero-order valence-electron chi connectivity index (χ0n) is 14.5. The maximum atomic E-state index is 11.8. The molecule has 0 spiro atoms. The maximum absolute atomic E-state index is 11.8. The molecule has 1 aliphatic rings. The first-order chi connectivity index (χ1) is 12.1. The fraction of sp³-hybridized carbons (Fsp3) is 0.714. The van der Waals surface area contributed by atoms with Crippen molar-refractivity contribution in [1.82, 2.24) is 14.8 Å². The fourth-order valence-corrected chi connectivity index (χ4v) is 2.67. The minimum absolute atomic E-state index is 0.112. The number of ether oxygens (including phenoxy) is 2. The number of nitrogens with zero attached hydrogens (tertiary/aromatic N) is 4. The highest BCUT2D eigenvalue weighted by molar-refractivity contribution is 7.38. The molecular formula is C14H20N4O7P+. The van der Waals surface area contributed by atoms with E-state index in [4.69, 9.17) is 19.3 Å². The van der Waals surface area contributed by atoms with Crippen LogP contribution in [0.1, 0.15) is 32.8 Å². The van der Waals surface area contributed by atoms with E-state index in [1.165, 1.54) is 6.33 Å². The monoisotopic (exact) mass is 387 g/mol. The summed E-state index contributed by atoms with van der Waals surface area (Å²) in [6.45, 7) is 4.69. The molecule has 2 N–H and O–H groups in total. The second-order valence-corrected chi connectivity index (χ2v) is 7.83. The molecule has 5 atom stereocenters. The molecule has 0 radical (unpaired) electrons. The SMILES string of the molecule is CC(C)(C)C(=O)OC[P+](=O)OC[C@H]1O[C@@H](n2cnc(C#N)n2)[C@H](O)[C@@H]1O. The van der Waals surface area contributed by atoms with E-state index in [1.54, 1.807) is 26.8 Å². The second-order valence-electron chi connectivity index (χ2n) is 6.65. The highest BCUT2D eigenvalue weighted by Gasteiger charge is 2.45. The molecule has 2 heterocycles. The van der Waals surface area contributed by atoms with Crippen molar-refractivity contribution in [3.8, 4) is 6.07 Å². The Morgan fingerprint density at radius 3 is 2.73 bits per heavy atom. The fourth-order valence-electron chi connectivity index (χ4n) is 2.06. The minimum atomic E-state index is -2.32. The van der Waals surface area contributed by atoms with Gasteiger partial charge < -0.3 is 19.7 Å². The third-order valence-electron chi connectivity index (χ3n) is 3.50. The van der Waals surface area contributed by atoms with Crippen molar-refractivity contribution < 1.29 is 33.6 Å². The molecule has 2 rings (SSSR count). The van der Waals surface area contributed by atoms with Gasteiger partial charge in [0.25, 0.3) is 5.82 Å². The summed E-state index contributed by atoms with van der Waals surface area (Å²) in [4.78, 5) is 15.3. The number of rotatable bonds is 6. The lowest BCUT2D eigenvalue weighted by Gasteiger charge is -2.14. The van der Waals surface area contributed by atoms with Crippen molar-refractivity contribution in [2.75, 3.05) is 13.0 Å². The molecule has 1 fully saturated rings. The van der Waals surface area contributed by atoms with Gasteiger partial charge in [-0.15, -0.1) is 9.62 Å². The van der Waals surface area contributed by atoms with Crippen molar-refractivity contribution in [1.29, 1.82) is 5.26 Å². The predicted molar refractivity (Wildman–Crippen MR) is 84.6 cm³/mol. The zero-order valence-corrected chi connectivity index (χ0v) is 15.4. The van der Waals surface area contributed by atoms with Gasteiger partial charge in [0.1, 0.15) is 37.3 Å². The predicted octanol–water partition coefficient (Wildman–Crippen LogP) is 0.0748. The average molecular weight is 387 g/mol. The summed E-state index contributed by atoms with van der Waals surface area (Å²) in [6, 6.07) is 1.73. The summed E-state index contributed by atoms with van der Waals surface area (Å²) in [5.74, 6) is -0.629. The van der Waals surface area contributed by atoms with Gasteiger partial charge in [0.05, 0.1) is 5.41 Å². The van der Waals surface area contributed by atoms with E-state index in [2.05, 4.69) is 10.1 Å². The lowest BCUT2D eigenvalue weighted by atomic mass is 9.98. The van der Waals surface area contributed by atoms with E-state index in [1.807, 2.05) is 0 Å². The molecule has 0 saturated carbocycles. The van der Waals surface area contributed by atoms with Crippen molar-refractivity contribution in [2.45, 2.75) is 45.3 Å². The Kier molecular flexibility index (Phi) is 6.39. The van der Waals surface area contributed by atoms with E-state index in [0.29, 0.717) is 0 Å². The van der Waals surface area contributed by atoms with Crippen LogP contribution in [0, 0.1) is 16.7 Å². The van der Waals surface area contributed by atoms with Crippen molar-refractivity contribution >= 4 is 14.0 Å². The first-order valence-corrected chi connectivity index (χ1v) is 9.07. The lowest BCUT2D eigenvalue weighted by Crippen LogP contribution is -2.33. The van der Waals surface area contributed by atoms with Crippen LogP contribution in [0.2, 0.25) is 0 Å². The van der Waals surface area contributed by atoms with Crippen LogP contribution in [0.25, 0.3) is 0 Å². The van der Waals surface area contributed by atoms with Crippen LogP contribution in [0.15, 0.2) is 6.33 Å². The highest BCUT2D eigenvalue weighted by Crippen LogP contribution is 2.32. The Hall–Kier alpha value is -1.96. The summed E-state index contributed by atoms with van der Waals surface area (Å²) >= 11 is 0. The normalized spacial score (nSPS) is 26.4. The van der Waals surface area contributed by atoms with Crippen LogP contribution in [0.3, 0.4) is 0 Å². The summed E-state index contributed by atoms with van der Waals surface area (Å²) in [5.41, 5.74) is -0.724. The highest BCUT2D eigenvalue weighted by atomic mass is 31.1. The topological polar surface area (TPSA) is 157 Å². The molecule has 1 aromatic rings. The van der Waals surface area contributed by atoms with Crippen molar-refractivity contribution in [3.63, 3.8) is 0 Å². The van der Waals surface area contributed by atoms with E-state index in [-0.39, 0.29) is 12.4 Å². The first kappa shape index (κ1) is 20.4. The van der Waals surface area contributed by atoms with Gasteiger partial charge in [-0.1, -0.05) is 0 Å². The number of aliphatic hydroxyl groups excluding tert-OH is 2. The molecule has 26 heavy (non-hydrogen) atoms. The number of aromatic nitrogens is 3. The van der Waals surface area contributed by atoms with E-state index < -0.39 is 50.3 Å². The van der Waals surface area contributed by atoms with E-state index >= 15 is 0 Å². The van der Waals surface area contributed by atoms with Crippen LogP contribution in [-0.4, -0.2) is 62.2 Å². The molecule has 0 aromatic carbocycles. The van der Waals surface area contributed by atoms with Crippen LogP contribution >= 0.6 is 8.03 Å². The molecule has 1 unspecified atom stereocenters. The average Bonchev–Trinajstić information content (AvgIpc) is 3.16. The quantitative estimate of drug-likeness (QED) is 0.506. The number of carbonyl (C=O) groups is 1. The van der Waals surface area contributed by atoms with Gasteiger partial charge in [-0.2, -0.15) is 5.26 Å². The summed E-state index contributed by atoms with van der Waals surface area (Å²) in [5, 5.41) is 32.6. The Labute approximate surface area is 150 Å². The van der Waals surface area contributed by atoms with Gasteiger partial charge in [-0.05, 0) is 25.3 Å². The Morgan fingerprint density at radius 2 is 2.15 bits per heavy atom. The van der Waals surface area contributed by atoms with Crippen LogP contribution in [-0.2, 0) is 23.4 Å². The van der Waals surface area contributed by atoms with Gasteiger partial charge in [0.2, 0.25) is 0 Å². The summed E-state index contributed by atoms with van der Waals surface area (Å²) < 4.78 is 28.3. The Balaban J connectivity index is 1.85. The molecular weight excluding hydrogens is 367 g/mol. The Morgan fingerprint density at radius 1 is 1.46 bits per heavy atom. The molecule has 12 heteroatoms. The molecule has 1 aliphatic heterocycles. The molecule has 11 nitrogen and oxygen atoms in total. The molecule has 0 amide bonds. The van der Waals surface area contributed by atoms with Crippen molar-refractivity contribution in [2.24, 2.45) is 5.41 Å². The summed E-state index contributed by atoms with van der Waals surface area (Å²) in [6.07, 6.45) is -3.94. The van der Waals surface area contributed by atoms with Crippen LogP contribution < -0.4 is 0 Å². The minimum Gasteiger partial charge on any atom is -0.415 e. The maximum Gasteiger partial charge on any atom is 0.550 e. The standard InChI is InChI=1S/C14H20N4O7P/c1-14(2,3)13(21)23-7-26(22)24-5-8-10(19)11(20)12(25-8)18-6-16-9(4-15)17-18/h6,8,10-12,19-20H,5,7H2,1-3H3/q+1/t8-,10-,11-,12-/m1/s1. The van der Waals surface area contributed by atoms with E-state index in [0.717, 1.165) is 4.68 Å². The molecule has 1 saturated heterocycles. The molecule has 142 valence electrons. The number of hydrogen-bond acceptors (Lipinski definition) is 10. The molecule has 0 aliphatic carbocycles. The first-order valence-electron chi connectivity index (χ1n) is 7.71.